The Kier molecular flexibility index (Phi) is 5.09. The number of hydrogen-bond acceptors (Lipinski definition) is 5. The fraction of sp³-hybridized carbons (Fsp3) is 0.538. The number of anilines is 1. The van der Waals surface area contributed by atoms with E-state index in [1.165, 1.54) is 13.3 Å². The summed E-state index contributed by atoms with van der Waals surface area (Å²) in [5.74, 6) is 0.449. The van der Waals surface area contributed by atoms with E-state index in [9.17, 15) is 9.90 Å². The van der Waals surface area contributed by atoms with E-state index in [0.29, 0.717) is 5.56 Å². The van der Waals surface area contributed by atoms with Gasteiger partial charge in [0.1, 0.15) is 5.82 Å². The molecule has 1 aromatic rings. The van der Waals surface area contributed by atoms with Gasteiger partial charge in [0.05, 0.1) is 19.3 Å². The number of hydrogen-bond donors (Lipinski definition) is 1. The largest absolute Gasteiger partial charge is 0.465 e. The van der Waals surface area contributed by atoms with Crippen LogP contribution in [0.3, 0.4) is 0 Å². The highest BCUT2D eigenvalue weighted by Crippen LogP contribution is 2.33. The van der Waals surface area contributed by atoms with Crippen LogP contribution in [-0.2, 0) is 4.74 Å². The van der Waals surface area contributed by atoms with Crippen LogP contribution in [0, 0.1) is 0 Å². The highest BCUT2D eigenvalue weighted by Gasteiger charge is 2.28. The van der Waals surface area contributed by atoms with Gasteiger partial charge in [0.15, 0.2) is 0 Å². The first-order valence-corrected chi connectivity index (χ1v) is 6.07. The fourth-order valence-electron chi connectivity index (χ4n) is 1.99. The van der Waals surface area contributed by atoms with E-state index in [2.05, 4.69) is 9.72 Å². The number of carbonyl (C=O) groups excluding carboxylic acids is 1. The molecule has 0 aromatic carbocycles. The molecule has 1 aliphatic rings. The second-order valence-electron chi connectivity index (χ2n) is 3.89. The minimum atomic E-state index is -0.401. The van der Waals surface area contributed by atoms with Crippen molar-refractivity contribution in [2.45, 2.75) is 19.8 Å². The van der Waals surface area contributed by atoms with Crippen molar-refractivity contribution in [1.29, 1.82) is 0 Å². The zero-order valence-corrected chi connectivity index (χ0v) is 11.3. The second kappa shape index (κ2) is 6.35. The maximum Gasteiger partial charge on any atom is 0.339 e. The van der Waals surface area contributed by atoms with Crippen molar-refractivity contribution in [1.82, 2.24) is 4.98 Å². The molecule has 0 saturated heterocycles. The smallest absolute Gasteiger partial charge is 0.339 e. The molecular formula is C13H20N2O3. The summed E-state index contributed by atoms with van der Waals surface area (Å²) in [7, 11) is 3.25. The van der Waals surface area contributed by atoms with Gasteiger partial charge in [-0.2, -0.15) is 0 Å². The molecule has 5 heteroatoms. The van der Waals surface area contributed by atoms with Crippen LogP contribution in [0.5, 0.6) is 0 Å². The van der Waals surface area contributed by atoms with Gasteiger partial charge in [0.25, 0.3) is 0 Å². The Balaban J connectivity index is 0.000000771. The van der Waals surface area contributed by atoms with Crippen molar-refractivity contribution in [2.75, 3.05) is 32.2 Å². The van der Waals surface area contributed by atoms with Crippen molar-refractivity contribution >= 4 is 11.8 Å². The van der Waals surface area contributed by atoms with Crippen LogP contribution in [0.4, 0.5) is 5.82 Å². The molecule has 1 unspecified atom stereocenters. The summed E-state index contributed by atoms with van der Waals surface area (Å²) in [5, 5.41) is 9.25. The summed E-state index contributed by atoms with van der Waals surface area (Å²) in [4.78, 5) is 17.5. The van der Waals surface area contributed by atoms with Crippen molar-refractivity contribution in [3.05, 3.63) is 23.4 Å². The number of carbonyl (C=O) groups is 1. The normalized spacial score (nSPS) is 16.7. The number of nitrogens with zero attached hydrogens (tertiary/aromatic N) is 2. The van der Waals surface area contributed by atoms with E-state index in [0.717, 1.165) is 17.9 Å². The van der Waals surface area contributed by atoms with Gasteiger partial charge in [-0.3, -0.25) is 0 Å². The number of pyridine rings is 1. The van der Waals surface area contributed by atoms with Crippen molar-refractivity contribution in [2.24, 2.45) is 0 Å². The molecule has 0 bridgehead atoms. The molecule has 2 heterocycles. The van der Waals surface area contributed by atoms with Crippen LogP contribution in [0.2, 0.25) is 0 Å². The number of likely N-dealkylation sites (N-methyl/N-ethyl adjacent to an activating group) is 1. The van der Waals surface area contributed by atoms with Crippen LogP contribution in [0.25, 0.3) is 0 Å². The zero-order chi connectivity index (χ0) is 13.7. The number of aliphatic hydroxyl groups is 1. The Hall–Kier alpha value is -1.62. The van der Waals surface area contributed by atoms with Gasteiger partial charge >= 0.3 is 5.97 Å². The lowest BCUT2D eigenvalue weighted by molar-refractivity contribution is 0.0600. The molecule has 0 aliphatic carbocycles. The van der Waals surface area contributed by atoms with E-state index in [4.69, 9.17) is 0 Å². The van der Waals surface area contributed by atoms with Gasteiger partial charge in [-0.1, -0.05) is 13.8 Å². The molecule has 1 atom stereocenters. The van der Waals surface area contributed by atoms with Crippen LogP contribution in [-0.4, -0.2) is 43.4 Å². The summed E-state index contributed by atoms with van der Waals surface area (Å²) < 4.78 is 4.64. The number of aromatic nitrogens is 1. The Morgan fingerprint density at radius 2 is 2.28 bits per heavy atom. The van der Waals surface area contributed by atoms with Crippen LogP contribution < -0.4 is 4.90 Å². The van der Waals surface area contributed by atoms with E-state index < -0.39 is 5.97 Å². The monoisotopic (exact) mass is 252 g/mol. The number of ether oxygens (including phenoxy) is 1. The van der Waals surface area contributed by atoms with Gasteiger partial charge < -0.3 is 14.7 Å². The average molecular weight is 252 g/mol. The first-order chi connectivity index (χ1) is 8.67. The van der Waals surface area contributed by atoms with Crippen LogP contribution >= 0.6 is 0 Å². The molecule has 0 amide bonds. The lowest BCUT2D eigenvalue weighted by Crippen LogP contribution is -2.17. The number of esters is 1. The Labute approximate surface area is 107 Å². The third kappa shape index (κ3) is 2.61. The number of fused-ring (bicyclic) bond motifs is 1. The summed E-state index contributed by atoms with van der Waals surface area (Å²) >= 11 is 0. The first-order valence-electron chi connectivity index (χ1n) is 6.07. The molecule has 0 fully saturated rings. The summed E-state index contributed by atoms with van der Waals surface area (Å²) in [6.45, 7) is 4.78. The fourth-order valence-corrected chi connectivity index (χ4v) is 1.99. The molecule has 1 aromatic heterocycles. The minimum Gasteiger partial charge on any atom is -0.465 e. The Morgan fingerprint density at radius 1 is 1.61 bits per heavy atom. The average Bonchev–Trinajstić information content (AvgIpc) is 2.76. The lowest BCUT2D eigenvalue weighted by atomic mass is 10.0. The quantitative estimate of drug-likeness (QED) is 0.806. The van der Waals surface area contributed by atoms with Gasteiger partial charge in [0, 0.05) is 31.3 Å². The van der Waals surface area contributed by atoms with Crippen LogP contribution in [0.15, 0.2) is 12.3 Å². The van der Waals surface area contributed by atoms with E-state index in [-0.39, 0.29) is 12.5 Å². The summed E-state index contributed by atoms with van der Waals surface area (Å²) in [5.41, 5.74) is 1.34. The molecule has 0 radical (unpaired) electrons. The molecule has 0 spiro atoms. The van der Waals surface area contributed by atoms with E-state index in [1.54, 1.807) is 6.07 Å². The third-order valence-electron chi connectivity index (χ3n) is 2.83. The number of aliphatic hydroxyl groups excluding tert-OH is 1. The van der Waals surface area contributed by atoms with Crippen molar-refractivity contribution < 1.29 is 14.6 Å². The van der Waals surface area contributed by atoms with Gasteiger partial charge in [0.2, 0.25) is 0 Å². The van der Waals surface area contributed by atoms with Crippen molar-refractivity contribution in [3.8, 4) is 0 Å². The maximum atomic E-state index is 11.4. The predicted molar refractivity (Wildman–Crippen MR) is 70.0 cm³/mol. The summed E-state index contributed by atoms with van der Waals surface area (Å²) in [6.07, 6.45) is 1.50. The van der Waals surface area contributed by atoms with Gasteiger partial charge in [-0.15, -0.1) is 0 Å². The Morgan fingerprint density at radius 3 is 2.83 bits per heavy atom. The minimum absolute atomic E-state index is 0.0251. The van der Waals surface area contributed by atoms with Crippen LogP contribution in [0.1, 0.15) is 35.7 Å². The standard InChI is InChI=1S/C11H14N2O3.C2H6/c1-13-5-8(6-14)9-3-7(11(15)16-2)4-12-10(9)13;1-2/h3-4,8,14H,5-6H2,1-2H3;1-2H3. The number of rotatable bonds is 2. The molecule has 100 valence electrons. The highest BCUT2D eigenvalue weighted by atomic mass is 16.5. The maximum absolute atomic E-state index is 11.4. The van der Waals surface area contributed by atoms with Crippen molar-refractivity contribution in [3.63, 3.8) is 0 Å². The second-order valence-corrected chi connectivity index (χ2v) is 3.89. The SMILES string of the molecule is CC.COC(=O)c1cnc2c(c1)C(CO)CN2C. The molecule has 1 aliphatic heterocycles. The molecular weight excluding hydrogens is 232 g/mol. The zero-order valence-electron chi connectivity index (χ0n) is 11.3. The Bertz CT molecular complexity index is 421. The van der Waals surface area contributed by atoms with Gasteiger partial charge in [-0.25, -0.2) is 9.78 Å². The predicted octanol–water partition coefficient (Wildman–Crippen LogP) is 1.42. The number of methoxy groups -OCH3 is 1. The lowest BCUT2D eigenvalue weighted by Gasteiger charge is -2.10. The molecule has 18 heavy (non-hydrogen) atoms. The van der Waals surface area contributed by atoms with E-state index in [1.807, 2.05) is 25.8 Å². The highest BCUT2D eigenvalue weighted by molar-refractivity contribution is 5.89. The summed E-state index contributed by atoms with van der Waals surface area (Å²) in [6, 6.07) is 1.75. The molecule has 5 nitrogen and oxygen atoms in total. The third-order valence-corrected chi connectivity index (χ3v) is 2.83. The molecule has 2 rings (SSSR count). The molecule has 0 saturated carbocycles. The first kappa shape index (κ1) is 14.4. The molecule has 1 N–H and O–H groups in total. The van der Waals surface area contributed by atoms with E-state index >= 15 is 0 Å². The topological polar surface area (TPSA) is 62.7 Å². The van der Waals surface area contributed by atoms with Gasteiger partial charge in [-0.05, 0) is 6.07 Å².